The summed E-state index contributed by atoms with van der Waals surface area (Å²) in [5.41, 5.74) is 2.80. The van der Waals surface area contributed by atoms with Crippen molar-refractivity contribution in [3.8, 4) is 22.6 Å². The van der Waals surface area contributed by atoms with Gasteiger partial charge in [0.05, 0.1) is 11.5 Å². The summed E-state index contributed by atoms with van der Waals surface area (Å²) in [5.74, 6) is 0.682. The standard InChI is InChI=1S/C37H44O7S2.Na/c1-3-5-9-22-43-23-10-11-27-14-20-34(38)33(25-27)37(39)32-13-8-7-12-31(32)28-15-21-35(36(26-28)46(40,41)42)45-30-18-16-29(17-19-30)44-24-6-4-2;/h7-8,12-21,25-26,37-39H,3-6,9-11,22-24H2,1-2H3,(H,40,41,42);/q;+1/p-1. The number of phenols is 1. The van der Waals surface area contributed by atoms with Crippen LogP contribution >= 0.6 is 11.8 Å². The van der Waals surface area contributed by atoms with E-state index in [9.17, 15) is 23.2 Å². The molecule has 0 bridgehead atoms. The second-order valence-electron chi connectivity index (χ2n) is 11.2. The Kier molecular flexibility index (Phi) is 16.3. The van der Waals surface area contributed by atoms with Crippen LogP contribution in [-0.2, 0) is 21.3 Å². The zero-order valence-electron chi connectivity index (χ0n) is 27.5. The summed E-state index contributed by atoms with van der Waals surface area (Å²) in [6.07, 6.45) is 5.70. The molecule has 1 atom stereocenters. The summed E-state index contributed by atoms with van der Waals surface area (Å²) in [4.78, 5) is 0.718. The van der Waals surface area contributed by atoms with Gasteiger partial charge in [0.25, 0.3) is 0 Å². The van der Waals surface area contributed by atoms with E-state index in [1.165, 1.54) is 17.8 Å². The van der Waals surface area contributed by atoms with Gasteiger partial charge >= 0.3 is 29.6 Å². The Balaban J connectivity index is 0.00000600. The number of hydrogen-bond donors (Lipinski definition) is 2. The zero-order chi connectivity index (χ0) is 32.9. The molecule has 0 saturated carbocycles. The molecule has 2 N–H and O–H groups in total. The topological polar surface area (TPSA) is 116 Å². The third-order valence-electron chi connectivity index (χ3n) is 7.63. The van der Waals surface area contributed by atoms with Gasteiger partial charge in [-0.1, -0.05) is 81.3 Å². The van der Waals surface area contributed by atoms with E-state index in [1.54, 1.807) is 48.5 Å². The van der Waals surface area contributed by atoms with Crippen molar-refractivity contribution in [1.29, 1.82) is 0 Å². The van der Waals surface area contributed by atoms with E-state index in [1.807, 2.05) is 30.3 Å². The Morgan fingerprint density at radius 3 is 2.26 bits per heavy atom. The van der Waals surface area contributed by atoms with Crippen molar-refractivity contribution in [2.75, 3.05) is 19.8 Å². The molecule has 1 unspecified atom stereocenters. The van der Waals surface area contributed by atoms with Crippen LogP contribution in [-0.4, -0.2) is 43.0 Å². The van der Waals surface area contributed by atoms with Gasteiger partial charge in [-0.05, 0) is 96.5 Å². The normalized spacial score (nSPS) is 12.0. The first-order chi connectivity index (χ1) is 22.2. The maximum absolute atomic E-state index is 12.4. The first kappa shape index (κ1) is 39.1. The molecule has 0 radical (unpaired) electrons. The second-order valence-corrected chi connectivity index (χ2v) is 13.7. The van der Waals surface area contributed by atoms with E-state index in [2.05, 4.69) is 13.8 Å². The number of aryl methyl sites for hydroxylation is 1. The molecule has 0 fully saturated rings. The smallest absolute Gasteiger partial charge is 0.744 e. The molecule has 0 heterocycles. The Morgan fingerprint density at radius 1 is 0.809 bits per heavy atom. The second kappa shape index (κ2) is 19.6. The minimum atomic E-state index is -4.83. The Hall–Kier alpha value is -2.34. The summed E-state index contributed by atoms with van der Waals surface area (Å²) >= 11 is 1.18. The van der Waals surface area contributed by atoms with Crippen molar-refractivity contribution in [1.82, 2.24) is 0 Å². The summed E-state index contributed by atoms with van der Waals surface area (Å²) in [6.45, 7) is 6.27. The van der Waals surface area contributed by atoms with Gasteiger partial charge in [-0.15, -0.1) is 0 Å². The van der Waals surface area contributed by atoms with E-state index in [4.69, 9.17) is 9.47 Å². The van der Waals surface area contributed by atoms with Crippen LogP contribution in [0.5, 0.6) is 11.5 Å². The van der Waals surface area contributed by atoms with E-state index in [0.717, 1.165) is 67.8 Å². The predicted molar refractivity (Wildman–Crippen MR) is 182 cm³/mol. The van der Waals surface area contributed by atoms with Gasteiger partial charge in [-0.25, -0.2) is 8.42 Å². The molecule has 0 aliphatic rings. The molecule has 0 aliphatic carbocycles. The molecule has 4 rings (SSSR count). The van der Waals surface area contributed by atoms with E-state index in [-0.39, 0.29) is 40.2 Å². The molecule has 0 spiro atoms. The predicted octanol–water partition coefficient (Wildman–Crippen LogP) is 5.52. The van der Waals surface area contributed by atoms with Crippen LogP contribution in [0.2, 0.25) is 0 Å². The Bertz CT molecular complexity index is 1660. The molecule has 47 heavy (non-hydrogen) atoms. The number of benzene rings is 4. The first-order valence-electron chi connectivity index (χ1n) is 15.9. The number of rotatable bonds is 18. The number of aliphatic hydroxyl groups excluding tert-OH is 1. The van der Waals surface area contributed by atoms with E-state index < -0.39 is 16.2 Å². The third-order valence-corrected chi connectivity index (χ3v) is 9.72. The fraction of sp³-hybridized carbons (Fsp3) is 0.351. The number of phenolic OH excluding ortho intramolecular Hbond substituents is 1. The molecule has 0 aliphatic heterocycles. The van der Waals surface area contributed by atoms with Crippen LogP contribution < -0.4 is 34.3 Å². The van der Waals surface area contributed by atoms with Crippen molar-refractivity contribution in [2.45, 2.75) is 79.6 Å². The van der Waals surface area contributed by atoms with Crippen LogP contribution in [0, 0.1) is 0 Å². The monoisotopic (exact) mass is 686 g/mol. The van der Waals surface area contributed by atoms with Crippen LogP contribution in [0.15, 0.2) is 99.6 Å². The van der Waals surface area contributed by atoms with Gasteiger partial charge in [-0.3, -0.25) is 0 Å². The number of unbranched alkanes of at least 4 members (excludes halogenated alkanes) is 3. The van der Waals surface area contributed by atoms with Crippen LogP contribution in [0.25, 0.3) is 11.1 Å². The van der Waals surface area contributed by atoms with Crippen molar-refractivity contribution in [2.24, 2.45) is 0 Å². The fourth-order valence-electron chi connectivity index (χ4n) is 5.10. The first-order valence-corrected chi connectivity index (χ1v) is 18.1. The molecule has 0 amide bonds. The Labute approximate surface area is 305 Å². The van der Waals surface area contributed by atoms with Crippen molar-refractivity contribution in [3.63, 3.8) is 0 Å². The minimum absolute atomic E-state index is 0. The SMILES string of the molecule is CCCCCOCCCc1ccc(O)c(C(O)c2ccccc2-c2ccc(Sc3ccc(OCCCC)cc3)c(S(=O)(=O)[O-])c2)c1.[Na+]. The van der Waals surface area contributed by atoms with Crippen LogP contribution in [0.3, 0.4) is 0 Å². The number of ether oxygens (including phenoxy) is 2. The number of aliphatic hydroxyl groups is 1. The van der Waals surface area contributed by atoms with Gasteiger partial charge in [0.15, 0.2) is 0 Å². The minimum Gasteiger partial charge on any atom is -0.744 e. The van der Waals surface area contributed by atoms with Crippen molar-refractivity contribution < 1.29 is 62.2 Å². The molecule has 10 heteroatoms. The summed E-state index contributed by atoms with van der Waals surface area (Å²) in [7, 11) is -4.83. The summed E-state index contributed by atoms with van der Waals surface area (Å²) in [5, 5.41) is 22.2. The van der Waals surface area contributed by atoms with Gasteiger partial charge in [0, 0.05) is 28.6 Å². The number of hydrogen-bond acceptors (Lipinski definition) is 8. The summed E-state index contributed by atoms with van der Waals surface area (Å²) < 4.78 is 48.8. The summed E-state index contributed by atoms with van der Waals surface area (Å²) in [6, 6.07) is 24.3. The van der Waals surface area contributed by atoms with Crippen LogP contribution in [0.1, 0.15) is 75.2 Å². The van der Waals surface area contributed by atoms with Gasteiger partial charge < -0.3 is 24.2 Å². The van der Waals surface area contributed by atoms with Crippen LogP contribution in [0.4, 0.5) is 0 Å². The molecule has 0 saturated heterocycles. The van der Waals surface area contributed by atoms with Crippen molar-refractivity contribution in [3.05, 3.63) is 102 Å². The molecule has 7 nitrogen and oxygen atoms in total. The third kappa shape index (κ3) is 11.6. The molecule has 4 aromatic rings. The van der Waals surface area contributed by atoms with Gasteiger partial charge in [-0.2, -0.15) is 0 Å². The van der Waals surface area contributed by atoms with E-state index >= 15 is 0 Å². The molecule has 4 aromatic carbocycles. The quantitative estimate of drug-likeness (QED) is 0.0800. The average Bonchev–Trinajstić information content (AvgIpc) is 3.05. The van der Waals surface area contributed by atoms with Crippen molar-refractivity contribution >= 4 is 21.9 Å². The molecule has 0 aromatic heterocycles. The van der Waals surface area contributed by atoms with Gasteiger partial charge in [0.1, 0.15) is 27.7 Å². The largest absolute Gasteiger partial charge is 1.00 e. The average molecular weight is 687 g/mol. The Morgan fingerprint density at radius 2 is 1.53 bits per heavy atom. The maximum atomic E-state index is 12.4. The number of aromatic hydroxyl groups is 1. The molecular weight excluding hydrogens is 644 g/mol. The zero-order valence-corrected chi connectivity index (χ0v) is 31.1. The fourth-order valence-corrected chi connectivity index (χ4v) is 6.94. The van der Waals surface area contributed by atoms with E-state index in [0.29, 0.717) is 40.4 Å². The maximum Gasteiger partial charge on any atom is 1.00 e. The molecular formula is C37H43NaO7S2. The van der Waals surface area contributed by atoms with Gasteiger partial charge in [0.2, 0.25) is 0 Å². The molecule has 246 valence electrons.